The van der Waals surface area contributed by atoms with Crippen molar-refractivity contribution in [3.8, 4) is 0 Å². The summed E-state index contributed by atoms with van der Waals surface area (Å²) in [5, 5.41) is 17.9. The Balaban J connectivity index is 1.63. The molecule has 1 aromatic carbocycles. The molecule has 3 aliphatic heterocycles. The normalized spacial score (nSPS) is 26.2. The highest BCUT2D eigenvalue weighted by Crippen LogP contribution is 2.29. The van der Waals surface area contributed by atoms with Crippen LogP contribution in [0.25, 0.3) is 10.9 Å². The van der Waals surface area contributed by atoms with Gasteiger partial charge < -0.3 is 15.3 Å². The highest BCUT2D eigenvalue weighted by molar-refractivity contribution is 6.04. The lowest BCUT2D eigenvalue weighted by atomic mass is 9.84. The summed E-state index contributed by atoms with van der Waals surface area (Å²) in [5.74, 6) is -1.00. The number of nitrogens with one attached hydrogen (secondary N) is 1. The number of rotatable bonds is 4. The summed E-state index contributed by atoms with van der Waals surface area (Å²) in [6.07, 6.45) is 2.43. The van der Waals surface area contributed by atoms with Crippen molar-refractivity contribution in [2.45, 2.75) is 25.4 Å². The van der Waals surface area contributed by atoms with Gasteiger partial charge in [0.05, 0.1) is 16.8 Å². The summed E-state index contributed by atoms with van der Waals surface area (Å²) in [4.78, 5) is 14.0. The molecule has 1 aromatic heterocycles. The predicted octanol–water partition coefficient (Wildman–Crippen LogP) is 1.59. The second-order valence-electron chi connectivity index (χ2n) is 6.85. The third-order valence-corrected chi connectivity index (χ3v) is 5.41. The minimum Gasteiger partial charge on any atom is -0.478 e. The summed E-state index contributed by atoms with van der Waals surface area (Å²) in [5.41, 5.74) is 1.16. The molecule has 2 N–H and O–H groups in total. The van der Waals surface area contributed by atoms with Crippen molar-refractivity contribution >= 4 is 16.9 Å². The summed E-state index contributed by atoms with van der Waals surface area (Å²) in [6, 6.07) is 2.83. The van der Waals surface area contributed by atoms with Crippen LogP contribution in [0.5, 0.6) is 0 Å². The van der Waals surface area contributed by atoms with E-state index in [0.29, 0.717) is 35.1 Å². The fourth-order valence-electron chi connectivity index (χ4n) is 4.15. The number of benzene rings is 1. The average Bonchev–Trinajstić information content (AvgIpc) is 2.89. The van der Waals surface area contributed by atoms with E-state index in [2.05, 4.69) is 15.3 Å². The first kappa shape index (κ1) is 15.5. The number of carbonyl (C=O) groups is 1. The molecular weight excluding hydrogens is 311 g/mol. The van der Waals surface area contributed by atoms with Crippen LogP contribution in [-0.4, -0.2) is 51.4 Å². The quantitative estimate of drug-likeness (QED) is 0.890. The maximum absolute atomic E-state index is 13.7. The van der Waals surface area contributed by atoms with E-state index in [1.807, 2.05) is 0 Å². The van der Waals surface area contributed by atoms with Gasteiger partial charge in [-0.2, -0.15) is 5.10 Å². The summed E-state index contributed by atoms with van der Waals surface area (Å²) < 4.78 is 15.3. The zero-order valence-corrected chi connectivity index (χ0v) is 13.6. The van der Waals surface area contributed by atoms with Gasteiger partial charge in [-0.05, 0) is 44.0 Å². The first-order valence-corrected chi connectivity index (χ1v) is 8.37. The van der Waals surface area contributed by atoms with E-state index < -0.39 is 11.8 Å². The van der Waals surface area contributed by atoms with E-state index >= 15 is 0 Å². The Morgan fingerprint density at radius 3 is 2.79 bits per heavy atom. The lowest BCUT2D eigenvalue weighted by molar-refractivity contribution is 0.0698. The van der Waals surface area contributed by atoms with Gasteiger partial charge in [0.1, 0.15) is 5.82 Å². The number of carboxylic acids is 1. The standard InChI is InChI=1S/C17H21FN4O2/c1-21-15-7-11(18)6-12(17(23)24)16(15)13(20-21)8-19-14-9-22-4-2-10(14)3-5-22/h6-7,10,14,19H,2-5,8-9H2,1H3,(H,23,24). The smallest absolute Gasteiger partial charge is 0.336 e. The van der Waals surface area contributed by atoms with Gasteiger partial charge in [-0.15, -0.1) is 0 Å². The first-order valence-electron chi connectivity index (χ1n) is 8.37. The zero-order valence-electron chi connectivity index (χ0n) is 13.6. The molecule has 128 valence electrons. The maximum atomic E-state index is 13.7. The van der Waals surface area contributed by atoms with Crippen LogP contribution in [0.15, 0.2) is 12.1 Å². The molecule has 1 unspecified atom stereocenters. The third-order valence-electron chi connectivity index (χ3n) is 5.41. The highest BCUT2D eigenvalue weighted by atomic mass is 19.1. The Morgan fingerprint density at radius 2 is 2.17 bits per heavy atom. The fraction of sp³-hybridized carbons (Fsp3) is 0.529. The van der Waals surface area contributed by atoms with E-state index in [-0.39, 0.29) is 5.56 Å². The number of hydrogen-bond acceptors (Lipinski definition) is 4. The van der Waals surface area contributed by atoms with E-state index in [1.165, 1.54) is 32.0 Å². The van der Waals surface area contributed by atoms with Crippen molar-refractivity contribution in [2.75, 3.05) is 19.6 Å². The number of aromatic carboxylic acids is 1. The molecule has 3 fully saturated rings. The van der Waals surface area contributed by atoms with Crippen molar-refractivity contribution in [3.05, 3.63) is 29.2 Å². The van der Waals surface area contributed by atoms with Crippen LogP contribution in [0.3, 0.4) is 0 Å². The molecular formula is C17H21FN4O2. The molecule has 24 heavy (non-hydrogen) atoms. The molecule has 0 radical (unpaired) electrons. The Bertz CT molecular complexity index is 795. The molecule has 0 amide bonds. The van der Waals surface area contributed by atoms with Crippen molar-refractivity contribution < 1.29 is 14.3 Å². The lowest BCUT2D eigenvalue weighted by Crippen LogP contribution is -2.55. The van der Waals surface area contributed by atoms with Crippen LogP contribution in [-0.2, 0) is 13.6 Å². The number of halogens is 1. The Hall–Kier alpha value is -1.99. The monoisotopic (exact) mass is 332 g/mol. The van der Waals surface area contributed by atoms with Gasteiger partial charge in [0.15, 0.2) is 0 Å². The molecule has 3 saturated heterocycles. The zero-order chi connectivity index (χ0) is 16.8. The fourth-order valence-corrected chi connectivity index (χ4v) is 4.15. The Kier molecular flexibility index (Phi) is 3.77. The molecule has 7 heteroatoms. The van der Waals surface area contributed by atoms with Crippen molar-refractivity contribution in [1.29, 1.82) is 0 Å². The number of nitrogens with zero attached hydrogens (tertiary/aromatic N) is 3. The van der Waals surface area contributed by atoms with Crippen LogP contribution in [0.2, 0.25) is 0 Å². The molecule has 3 aliphatic rings. The third kappa shape index (κ3) is 2.57. The predicted molar refractivity (Wildman–Crippen MR) is 87.4 cm³/mol. The molecule has 0 saturated carbocycles. The number of carboxylic acid groups (broad SMARTS) is 1. The van der Waals surface area contributed by atoms with Crippen molar-refractivity contribution in [2.24, 2.45) is 13.0 Å². The summed E-state index contributed by atoms with van der Waals surface area (Å²) in [6.45, 7) is 3.89. The van der Waals surface area contributed by atoms with Crippen LogP contribution in [0, 0.1) is 11.7 Å². The molecule has 5 rings (SSSR count). The summed E-state index contributed by atoms with van der Waals surface area (Å²) >= 11 is 0. The van der Waals surface area contributed by atoms with Gasteiger partial charge in [-0.3, -0.25) is 4.68 Å². The highest BCUT2D eigenvalue weighted by Gasteiger charge is 2.33. The minimum atomic E-state index is -1.13. The van der Waals surface area contributed by atoms with E-state index in [0.717, 1.165) is 12.6 Å². The summed E-state index contributed by atoms with van der Waals surface area (Å²) in [7, 11) is 1.71. The lowest BCUT2D eigenvalue weighted by Gasteiger charge is -2.45. The molecule has 0 aliphatic carbocycles. The maximum Gasteiger partial charge on any atom is 0.336 e. The number of aromatic nitrogens is 2. The van der Waals surface area contributed by atoms with Gasteiger partial charge in [-0.1, -0.05) is 0 Å². The first-order chi connectivity index (χ1) is 11.5. The van der Waals surface area contributed by atoms with E-state index in [4.69, 9.17) is 0 Å². The van der Waals surface area contributed by atoms with Crippen molar-refractivity contribution in [1.82, 2.24) is 20.0 Å². The van der Waals surface area contributed by atoms with E-state index in [1.54, 1.807) is 11.7 Å². The molecule has 6 nitrogen and oxygen atoms in total. The number of aryl methyl sites for hydroxylation is 1. The molecule has 2 aromatic rings. The SMILES string of the molecule is Cn1nc(CNC2CN3CCC2CC3)c2c(C(=O)O)cc(F)cc21. The van der Waals surface area contributed by atoms with Gasteiger partial charge in [0.2, 0.25) is 0 Å². The van der Waals surface area contributed by atoms with Gasteiger partial charge in [-0.25, -0.2) is 9.18 Å². The molecule has 1 atom stereocenters. The number of fused-ring (bicyclic) bond motifs is 4. The topological polar surface area (TPSA) is 70.4 Å². The number of piperidine rings is 3. The molecule has 2 bridgehead atoms. The minimum absolute atomic E-state index is 0.0242. The van der Waals surface area contributed by atoms with Crippen LogP contribution < -0.4 is 5.32 Å². The van der Waals surface area contributed by atoms with Gasteiger partial charge in [0.25, 0.3) is 0 Å². The van der Waals surface area contributed by atoms with Crippen LogP contribution in [0.4, 0.5) is 4.39 Å². The van der Waals surface area contributed by atoms with Crippen molar-refractivity contribution in [3.63, 3.8) is 0 Å². The van der Waals surface area contributed by atoms with Gasteiger partial charge in [0, 0.05) is 31.6 Å². The largest absolute Gasteiger partial charge is 0.478 e. The van der Waals surface area contributed by atoms with Gasteiger partial charge >= 0.3 is 5.97 Å². The molecule has 0 spiro atoms. The number of hydrogen-bond donors (Lipinski definition) is 2. The Labute approximate surface area is 139 Å². The van der Waals surface area contributed by atoms with Crippen LogP contribution in [0.1, 0.15) is 28.9 Å². The van der Waals surface area contributed by atoms with Crippen LogP contribution >= 0.6 is 0 Å². The average molecular weight is 332 g/mol. The second kappa shape index (κ2) is 5.82. The van der Waals surface area contributed by atoms with E-state index in [9.17, 15) is 14.3 Å². The Morgan fingerprint density at radius 1 is 1.42 bits per heavy atom. The second-order valence-corrected chi connectivity index (χ2v) is 6.85. The molecule has 4 heterocycles.